The minimum absolute atomic E-state index is 0.0351. The van der Waals surface area contributed by atoms with Crippen molar-refractivity contribution in [2.75, 3.05) is 10.6 Å². The van der Waals surface area contributed by atoms with Crippen LogP contribution in [0.5, 0.6) is 0 Å². The van der Waals surface area contributed by atoms with Crippen LogP contribution in [0.25, 0.3) is 11.0 Å². The maximum Gasteiger partial charge on any atom is 0.233 e. The van der Waals surface area contributed by atoms with Gasteiger partial charge in [-0.05, 0) is 54.5 Å². The first kappa shape index (κ1) is 25.5. The lowest BCUT2D eigenvalue weighted by Gasteiger charge is -2.36. The van der Waals surface area contributed by atoms with Gasteiger partial charge in [-0.1, -0.05) is 57.7 Å². The number of rotatable bonds is 6. The van der Waals surface area contributed by atoms with E-state index in [1.807, 2.05) is 35.9 Å². The molecule has 1 amide bonds. The van der Waals surface area contributed by atoms with Gasteiger partial charge in [0.15, 0.2) is 0 Å². The van der Waals surface area contributed by atoms with Crippen molar-refractivity contribution >= 4 is 28.4 Å². The average Bonchev–Trinajstić information content (AvgIpc) is 3.28. The Hall–Kier alpha value is -4.13. The van der Waals surface area contributed by atoms with Crippen molar-refractivity contribution in [1.29, 1.82) is 0 Å². The average molecular weight is 509 g/mol. The van der Waals surface area contributed by atoms with Gasteiger partial charge in [0.25, 0.3) is 0 Å². The lowest BCUT2D eigenvalue weighted by Crippen LogP contribution is -2.39. The number of nitrogens with two attached hydrogens (primary N) is 1. The van der Waals surface area contributed by atoms with E-state index in [4.69, 9.17) is 5.73 Å². The summed E-state index contributed by atoms with van der Waals surface area (Å²) in [6, 6.07) is 10.1. The summed E-state index contributed by atoms with van der Waals surface area (Å²) in [5.41, 5.74) is 11.7. The fourth-order valence-corrected chi connectivity index (χ4v) is 5.41. The predicted molar refractivity (Wildman–Crippen MR) is 154 cm³/mol. The molecule has 3 atom stereocenters. The molecule has 0 fully saturated rings. The maximum absolute atomic E-state index is 13.6. The van der Waals surface area contributed by atoms with Crippen LogP contribution in [0, 0.1) is 11.8 Å². The van der Waals surface area contributed by atoms with Crippen molar-refractivity contribution in [3.05, 3.63) is 96.4 Å². The van der Waals surface area contributed by atoms with Crippen molar-refractivity contribution in [2.24, 2.45) is 18.9 Å². The van der Waals surface area contributed by atoms with Gasteiger partial charge in [0.2, 0.25) is 5.91 Å². The van der Waals surface area contributed by atoms with E-state index in [-0.39, 0.29) is 17.2 Å². The topological polar surface area (TPSA) is 89.1 Å². The summed E-state index contributed by atoms with van der Waals surface area (Å²) in [5.74, 6) is 0.484. The quantitative estimate of drug-likeness (QED) is 0.443. The molecule has 0 spiro atoms. The van der Waals surface area contributed by atoms with Gasteiger partial charge in [-0.2, -0.15) is 0 Å². The van der Waals surface area contributed by atoms with E-state index in [9.17, 15) is 4.79 Å². The number of carbonyl (C=O) groups is 1. The molecule has 0 saturated heterocycles. The zero-order valence-electron chi connectivity index (χ0n) is 22.6. The van der Waals surface area contributed by atoms with E-state index in [1.165, 1.54) is 11.9 Å². The molecule has 1 aromatic carbocycles. The van der Waals surface area contributed by atoms with Crippen LogP contribution in [0.4, 0.5) is 11.5 Å². The van der Waals surface area contributed by atoms with E-state index < -0.39 is 0 Å². The van der Waals surface area contributed by atoms with Gasteiger partial charge in [0, 0.05) is 41.9 Å². The van der Waals surface area contributed by atoms with Gasteiger partial charge >= 0.3 is 0 Å². The van der Waals surface area contributed by atoms with Crippen LogP contribution in [0.3, 0.4) is 0 Å². The summed E-state index contributed by atoms with van der Waals surface area (Å²) >= 11 is 0. The smallest absolute Gasteiger partial charge is 0.233 e. The second kappa shape index (κ2) is 9.97. The monoisotopic (exact) mass is 508 g/mol. The third-order valence-corrected chi connectivity index (χ3v) is 8.08. The third-order valence-electron chi connectivity index (χ3n) is 8.08. The molecule has 2 aromatic heterocycles. The highest BCUT2D eigenvalue weighted by atomic mass is 16.1. The number of amides is 1. The Morgan fingerprint density at radius 2 is 2.05 bits per heavy atom. The van der Waals surface area contributed by atoms with Crippen LogP contribution >= 0.6 is 0 Å². The molecule has 0 bridgehead atoms. The number of para-hydroxylation sites is 1. The molecular formula is C31H36N6O. The van der Waals surface area contributed by atoms with Crippen molar-refractivity contribution in [3.63, 3.8) is 0 Å². The Morgan fingerprint density at radius 3 is 2.74 bits per heavy atom. The molecule has 3 aromatic rings. The van der Waals surface area contributed by atoms with E-state index in [0.717, 1.165) is 40.1 Å². The molecule has 0 radical (unpaired) electrons. The zero-order valence-corrected chi connectivity index (χ0v) is 22.6. The molecule has 1 aliphatic carbocycles. The highest BCUT2D eigenvalue weighted by molar-refractivity contribution is 5.91. The molecular weight excluding hydrogens is 472 g/mol. The number of aryl methyl sites for hydroxylation is 1. The van der Waals surface area contributed by atoms with Gasteiger partial charge in [-0.25, -0.2) is 9.97 Å². The fourth-order valence-electron chi connectivity index (χ4n) is 5.41. The number of hydrogen-bond donors (Lipinski definition) is 2. The first-order valence-corrected chi connectivity index (χ1v) is 13.2. The molecule has 3 N–H and O–H groups in total. The zero-order chi connectivity index (χ0) is 27.0. The highest BCUT2D eigenvalue weighted by Crippen LogP contribution is 2.40. The van der Waals surface area contributed by atoms with Crippen molar-refractivity contribution in [2.45, 2.75) is 45.4 Å². The highest BCUT2D eigenvalue weighted by Gasteiger charge is 2.34. The lowest BCUT2D eigenvalue weighted by molar-refractivity contribution is -0.123. The number of allylic oxidation sites excluding steroid dienone is 4. The number of aromatic nitrogens is 3. The number of nitrogens with zero attached hydrogens (tertiary/aromatic N) is 4. The predicted octanol–water partition coefficient (Wildman–Crippen LogP) is 5.74. The van der Waals surface area contributed by atoms with Crippen LogP contribution in [0.1, 0.15) is 45.6 Å². The molecule has 0 saturated carbocycles. The number of nitrogen functional groups attached to an aromatic ring is 1. The number of hydrogen-bond acceptors (Lipinski definition) is 5. The normalized spacial score (nSPS) is 22.3. The van der Waals surface area contributed by atoms with Crippen LogP contribution in [0.2, 0.25) is 0 Å². The molecule has 3 unspecified atom stereocenters. The van der Waals surface area contributed by atoms with Gasteiger partial charge in [0.05, 0.1) is 11.3 Å². The Morgan fingerprint density at radius 1 is 1.29 bits per heavy atom. The summed E-state index contributed by atoms with van der Waals surface area (Å²) in [4.78, 5) is 24.3. The minimum Gasteiger partial charge on any atom is -0.383 e. The molecule has 196 valence electrons. The standard InChI is InChI=1S/C31H36N6O/c1-6-20(2)22-16-25(21(3)37(17-22)24-10-8-7-9-11-24)30(38)35-23-12-14-31(4,15-13-23)26-18-36(5)29-27(26)28(32)33-19-34-29/h7-14,17-20,25H,3,6,15-16H2,1-2,4-5H3,(H,35,38)(H2,32,33,34). The number of benzene rings is 1. The summed E-state index contributed by atoms with van der Waals surface area (Å²) in [7, 11) is 1.97. The van der Waals surface area contributed by atoms with Crippen LogP contribution in [-0.2, 0) is 17.3 Å². The second-order valence-corrected chi connectivity index (χ2v) is 10.7. The first-order chi connectivity index (χ1) is 18.2. The van der Waals surface area contributed by atoms with E-state index in [2.05, 4.69) is 84.2 Å². The second-order valence-electron chi connectivity index (χ2n) is 10.7. The SMILES string of the molecule is C=C1C(C(=O)NC2=CCC(C)(c3cn(C)c4ncnc(N)c34)C=C2)CC(C(C)CC)=CN1c1ccccc1. The molecule has 2 aliphatic rings. The maximum atomic E-state index is 13.6. The third kappa shape index (κ3) is 4.53. The number of anilines is 2. The first-order valence-electron chi connectivity index (χ1n) is 13.2. The molecule has 3 heterocycles. The number of carbonyl (C=O) groups excluding carboxylic acids is 1. The molecule has 5 rings (SSSR count). The Labute approximate surface area is 224 Å². The summed E-state index contributed by atoms with van der Waals surface area (Å²) in [6.07, 6.45) is 14.4. The Balaban J connectivity index is 1.36. The van der Waals surface area contributed by atoms with Gasteiger partial charge in [-0.15, -0.1) is 0 Å². The van der Waals surface area contributed by atoms with Crippen molar-refractivity contribution in [1.82, 2.24) is 19.9 Å². The Kier molecular flexibility index (Phi) is 6.69. The lowest BCUT2D eigenvalue weighted by atomic mass is 9.77. The van der Waals surface area contributed by atoms with Crippen LogP contribution in [-0.4, -0.2) is 20.4 Å². The van der Waals surface area contributed by atoms with Crippen molar-refractivity contribution < 1.29 is 4.79 Å². The molecule has 7 heteroatoms. The summed E-state index contributed by atoms with van der Waals surface area (Å²) in [6.45, 7) is 10.9. The van der Waals surface area contributed by atoms with Gasteiger partial charge in [0.1, 0.15) is 17.8 Å². The van der Waals surface area contributed by atoms with Crippen molar-refractivity contribution in [3.8, 4) is 0 Å². The molecule has 38 heavy (non-hydrogen) atoms. The summed E-state index contributed by atoms with van der Waals surface area (Å²) in [5, 5.41) is 4.06. The van der Waals surface area contributed by atoms with E-state index >= 15 is 0 Å². The number of nitrogens with one attached hydrogen (secondary N) is 1. The largest absolute Gasteiger partial charge is 0.383 e. The number of fused-ring (bicyclic) bond motifs is 1. The van der Waals surface area contributed by atoms with Crippen LogP contribution < -0.4 is 16.0 Å². The minimum atomic E-state index is -0.346. The molecule has 1 aliphatic heterocycles. The van der Waals surface area contributed by atoms with Crippen LogP contribution in [0.15, 0.2) is 90.8 Å². The molecule has 7 nitrogen and oxygen atoms in total. The summed E-state index contributed by atoms with van der Waals surface area (Å²) < 4.78 is 1.98. The van der Waals surface area contributed by atoms with E-state index in [0.29, 0.717) is 24.6 Å². The fraction of sp³-hybridized carbons (Fsp3) is 0.323. The Bertz CT molecular complexity index is 1480. The van der Waals surface area contributed by atoms with Gasteiger partial charge < -0.3 is 20.5 Å². The van der Waals surface area contributed by atoms with Gasteiger partial charge in [-0.3, -0.25) is 4.79 Å². The van der Waals surface area contributed by atoms with E-state index in [1.54, 1.807) is 0 Å².